The fraction of sp³-hybridized carbons (Fsp3) is 0.500. The summed E-state index contributed by atoms with van der Waals surface area (Å²) in [5, 5.41) is 14.2. The molecule has 0 amide bonds. The minimum atomic E-state index is -0.511. The van der Waals surface area contributed by atoms with Crippen molar-refractivity contribution in [1.82, 2.24) is 5.32 Å². The van der Waals surface area contributed by atoms with Gasteiger partial charge in [0, 0.05) is 23.9 Å². The largest absolute Gasteiger partial charge is 0.388 e. The van der Waals surface area contributed by atoms with Crippen molar-refractivity contribution < 1.29 is 5.11 Å². The van der Waals surface area contributed by atoms with E-state index < -0.39 is 5.60 Å². The molecule has 16 heavy (non-hydrogen) atoms. The Bertz CT molecular complexity index is 353. The minimum Gasteiger partial charge on any atom is -0.388 e. The van der Waals surface area contributed by atoms with Crippen LogP contribution in [0.15, 0.2) is 24.3 Å². The number of hydrogen-bond acceptors (Lipinski definition) is 3. The van der Waals surface area contributed by atoms with Gasteiger partial charge in [0.1, 0.15) is 0 Å². The molecule has 0 bridgehead atoms. The zero-order valence-electron chi connectivity index (χ0n) is 9.08. The average molecular weight is 258 g/mol. The van der Waals surface area contributed by atoms with E-state index >= 15 is 0 Å². The zero-order valence-corrected chi connectivity index (χ0v) is 10.7. The Kier molecular flexibility index (Phi) is 4.14. The van der Waals surface area contributed by atoms with Crippen molar-refractivity contribution in [3.05, 3.63) is 34.9 Å². The van der Waals surface area contributed by atoms with Gasteiger partial charge in [-0.25, -0.2) is 0 Å². The third kappa shape index (κ3) is 3.39. The van der Waals surface area contributed by atoms with Crippen molar-refractivity contribution in [1.29, 1.82) is 0 Å². The minimum absolute atomic E-state index is 0.511. The number of aliphatic hydroxyl groups is 1. The molecule has 2 rings (SSSR count). The second-order valence-corrected chi connectivity index (χ2v) is 5.80. The van der Waals surface area contributed by atoms with Crippen molar-refractivity contribution in [3.8, 4) is 0 Å². The van der Waals surface area contributed by atoms with Gasteiger partial charge in [-0.15, -0.1) is 0 Å². The Morgan fingerprint density at radius 1 is 1.50 bits per heavy atom. The molecule has 1 fully saturated rings. The van der Waals surface area contributed by atoms with Crippen LogP contribution in [0.2, 0.25) is 5.02 Å². The molecule has 1 heterocycles. The molecule has 0 aliphatic carbocycles. The molecule has 1 atom stereocenters. The van der Waals surface area contributed by atoms with Crippen LogP contribution in [0.5, 0.6) is 0 Å². The van der Waals surface area contributed by atoms with Crippen molar-refractivity contribution in [2.24, 2.45) is 0 Å². The maximum absolute atomic E-state index is 10.1. The van der Waals surface area contributed by atoms with Gasteiger partial charge in [0.2, 0.25) is 0 Å². The molecule has 1 aliphatic rings. The van der Waals surface area contributed by atoms with Crippen LogP contribution >= 0.6 is 23.4 Å². The first-order valence-electron chi connectivity index (χ1n) is 5.43. The van der Waals surface area contributed by atoms with Gasteiger partial charge in [-0.2, -0.15) is 11.8 Å². The van der Waals surface area contributed by atoms with E-state index in [-0.39, 0.29) is 0 Å². The fourth-order valence-electron chi connectivity index (χ4n) is 1.82. The Labute approximate surface area is 105 Å². The van der Waals surface area contributed by atoms with Gasteiger partial charge in [-0.3, -0.25) is 0 Å². The zero-order chi connectivity index (χ0) is 11.4. The van der Waals surface area contributed by atoms with Crippen LogP contribution in [0.4, 0.5) is 0 Å². The van der Waals surface area contributed by atoms with E-state index in [1.54, 1.807) is 0 Å². The molecule has 4 heteroatoms. The van der Waals surface area contributed by atoms with Crippen LogP contribution in [0.1, 0.15) is 12.0 Å². The van der Waals surface area contributed by atoms with Crippen molar-refractivity contribution >= 4 is 23.4 Å². The lowest BCUT2D eigenvalue weighted by atomic mass is 10.0. The van der Waals surface area contributed by atoms with Crippen LogP contribution in [0.25, 0.3) is 0 Å². The summed E-state index contributed by atoms with van der Waals surface area (Å²) < 4.78 is 0. The van der Waals surface area contributed by atoms with Gasteiger partial charge in [0.05, 0.1) is 5.60 Å². The highest BCUT2D eigenvalue weighted by Gasteiger charge is 2.30. The van der Waals surface area contributed by atoms with Crippen molar-refractivity contribution in [3.63, 3.8) is 0 Å². The van der Waals surface area contributed by atoms with Crippen LogP contribution in [-0.4, -0.2) is 28.8 Å². The summed E-state index contributed by atoms with van der Waals surface area (Å²) >= 11 is 7.72. The summed E-state index contributed by atoms with van der Waals surface area (Å²) in [4.78, 5) is 0. The van der Waals surface area contributed by atoms with Crippen molar-refractivity contribution in [2.75, 3.05) is 18.1 Å². The van der Waals surface area contributed by atoms with Gasteiger partial charge in [0.25, 0.3) is 0 Å². The van der Waals surface area contributed by atoms with Gasteiger partial charge in [-0.05, 0) is 29.9 Å². The maximum Gasteiger partial charge on any atom is 0.0869 e. The van der Waals surface area contributed by atoms with E-state index in [0.717, 1.165) is 35.1 Å². The van der Waals surface area contributed by atoms with Gasteiger partial charge >= 0.3 is 0 Å². The quantitative estimate of drug-likeness (QED) is 0.868. The van der Waals surface area contributed by atoms with Gasteiger partial charge < -0.3 is 10.4 Å². The molecule has 1 aromatic carbocycles. The highest BCUT2D eigenvalue weighted by Crippen LogP contribution is 2.27. The summed E-state index contributed by atoms with van der Waals surface area (Å²) in [7, 11) is 0. The van der Waals surface area contributed by atoms with E-state index in [1.807, 2.05) is 36.0 Å². The molecule has 2 nitrogen and oxygen atoms in total. The predicted octanol–water partition coefficient (Wildman–Crippen LogP) is 2.30. The molecule has 0 saturated carbocycles. The maximum atomic E-state index is 10.1. The molecule has 0 radical (unpaired) electrons. The van der Waals surface area contributed by atoms with E-state index in [4.69, 9.17) is 11.6 Å². The number of hydrogen-bond donors (Lipinski definition) is 2. The van der Waals surface area contributed by atoms with Gasteiger partial charge in [-0.1, -0.05) is 23.7 Å². The molecule has 1 unspecified atom stereocenters. The monoisotopic (exact) mass is 257 g/mol. The molecular weight excluding hydrogens is 242 g/mol. The van der Waals surface area contributed by atoms with Crippen molar-refractivity contribution in [2.45, 2.75) is 18.6 Å². The Morgan fingerprint density at radius 3 is 3.06 bits per heavy atom. The normalized spacial score (nSPS) is 24.9. The van der Waals surface area contributed by atoms with Crippen LogP contribution in [0.3, 0.4) is 0 Å². The van der Waals surface area contributed by atoms with E-state index in [2.05, 4.69) is 5.32 Å². The number of rotatable bonds is 4. The highest BCUT2D eigenvalue weighted by atomic mass is 35.5. The fourth-order valence-corrected chi connectivity index (χ4v) is 3.33. The molecule has 1 aromatic rings. The summed E-state index contributed by atoms with van der Waals surface area (Å²) in [5.41, 5.74) is 0.644. The average Bonchev–Trinajstić information content (AvgIpc) is 2.65. The van der Waals surface area contributed by atoms with Crippen LogP contribution in [-0.2, 0) is 6.54 Å². The molecule has 1 saturated heterocycles. The first kappa shape index (κ1) is 12.2. The molecule has 0 spiro atoms. The lowest BCUT2D eigenvalue weighted by Gasteiger charge is -2.21. The number of halogens is 1. The molecule has 2 N–H and O–H groups in total. The standard InChI is InChI=1S/C12H16ClNOS/c13-11-3-1-2-10(6-11)7-14-8-12(15)4-5-16-9-12/h1-3,6,14-15H,4-5,7-9H2. The lowest BCUT2D eigenvalue weighted by molar-refractivity contribution is 0.0675. The first-order valence-corrected chi connectivity index (χ1v) is 6.97. The van der Waals surface area contributed by atoms with E-state index in [9.17, 15) is 5.11 Å². The Balaban J connectivity index is 1.79. The lowest BCUT2D eigenvalue weighted by Crippen LogP contribution is -2.40. The van der Waals surface area contributed by atoms with Gasteiger partial charge in [0.15, 0.2) is 0 Å². The predicted molar refractivity (Wildman–Crippen MR) is 70.1 cm³/mol. The van der Waals surface area contributed by atoms with E-state index in [1.165, 1.54) is 0 Å². The molecule has 1 aliphatic heterocycles. The number of nitrogens with one attached hydrogen (secondary N) is 1. The highest BCUT2D eigenvalue weighted by molar-refractivity contribution is 7.99. The number of benzene rings is 1. The first-order chi connectivity index (χ1) is 7.68. The SMILES string of the molecule is OC1(CNCc2cccc(Cl)c2)CCSC1. The smallest absolute Gasteiger partial charge is 0.0869 e. The second kappa shape index (κ2) is 5.41. The summed E-state index contributed by atoms with van der Waals surface area (Å²) in [6.07, 6.45) is 0.889. The summed E-state index contributed by atoms with van der Waals surface area (Å²) in [6, 6.07) is 7.79. The summed E-state index contributed by atoms with van der Waals surface area (Å²) in [5.74, 6) is 1.91. The van der Waals surface area contributed by atoms with E-state index in [0.29, 0.717) is 6.54 Å². The summed E-state index contributed by atoms with van der Waals surface area (Å²) in [6.45, 7) is 1.42. The number of thioether (sulfide) groups is 1. The molecule has 0 aromatic heterocycles. The van der Waals surface area contributed by atoms with Crippen LogP contribution < -0.4 is 5.32 Å². The Hall–Kier alpha value is -0.220. The van der Waals surface area contributed by atoms with Crippen LogP contribution in [0, 0.1) is 0 Å². The third-order valence-electron chi connectivity index (χ3n) is 2.75. The third-order valence-corrected chi connectivity index (χ3v) is 4.22. The Morgan fingerprint density at radius 2 is 2.38 bits per heavy atom. The molecular formula is C12H16ClNOS. The molecule has 88 valence electrons. The topological polar surface area (TPSA) is 32.3 Å². The second-order valence-electron chi connectivity index (χ2n) is 4.26.